The Morgan fingerprint density at radius 2 is 1.41 bits per heavy atom. The van der Waals surface area contributed by atoms with Crippen LogP contribution in [0.5, 0.6) is 0 Å². The summed E-state index contributed by atoms with van der Waals surface area (Å²) < 4.78 is 13.9. The number of rotatable bonds is 7. The summed E-state index contributed by atoms with van der Waals surface area (Å²) in [5.74, 6) is 0. The summed E-state index contributed by atoms with van der Waals surface area (Å²) in [7, 11) is -2.70. The topological polar surface area (TPSA) is 17.1 Å². The molecule has 0 spiro atoms. The van der Waals surface area contributed by atoms with Gasteiger partial charge in [-0.15, -0.1) is 0 Å². The fraction of sp³-hybridized carbons (Fsp3) is 0.300. The van der Waals surface area contributed by atoms with Gasteiger partial charge < -0.3 is 4.57 Å². The van der Waals surface area contributed by atoms with E-state index in [2.05, 4.69) is 13.0 Å². The van der Waals surface area contributed by atoms with E-state index in [1.54, 1.807) is 0 Å². The van der Waals surface area contributed by atoms with Crippen LogP contribution in [0.2, 0.25) is 0 Å². The van der Waals surface area contributed by atoms with Crippen LogP contribution in [0.1, 0.15) is 39.5 Å². The SMILES string of the molecule is CCCCC/C=C(\C)P(=O)(c1ccccc1)c1ccccc1. The molecule has 1 nitrogen and oxygen atoms in total. The fourth-order valence-corrected chi connectivity index (χ4v) is 5.35. The van der Waals surface area contributed by atoms with Crippen LogP contribution in [0.4, 0.5) is 0 Å². The van der Waals surface area contributed by atoms with Crippen molar-refractivity contribution >= 4 is 17.8 Å². The van der Waals surface area contributed by atoms with Crippen LogP contribution < -0.4 is 10.6 Å². The predicted octanol–water partition coefficient (Wildman–Crippen LogP) is 5.48. The fourth-order valence-electron chi connectivity index (χ4n) is 2.67. The van der Waals surface area contributed by atoms with Gasteiger partial charge >= 0.3 is 0 Å². The Morgan fingerprint density at radius 1 is 0.909 bits per heavy atom. The molecule has 0 saturated carbocycles. The molecular weight excluding hydrogens is 287 g/mol. The van der Waals surface area contributed by atoms with Crippen molar-refractivity contribution in [3.63, 3.8) is 0 Å². The van der Waals surface area contributed by atoms with Gasteiger partial charge in [-0.25, -0.2) is 0 Å². The van der Waals surface area contributed by atoms with E-state index in [4.69, 9.17) is 0 Å². The summed E-state index contributed by atoms with van der Waals surface area (Å²) in [5, 5.41) is 2.84. The summed E-state index contributed by atoms with van der Waals surface area (Å²) in [6, 6.07) is 19.7. The zero-order chi connectivity index (χ0) is 15.8. The van der Waals surface area contributed by atoms with Crippen molar-refractivity contribution in [2.24, 2.45) is 0 Å². The molecule has 0 bridgehead atoms. The highest BCUT2D eigenvalue weighted by Crippen LogP contribution is 2.51. The largest absolute Gasteiger partial charge is 0.309 e. The third-order valence-corrected chi connectivity index (χ3v) is 7.21. The van der Waals surface area contributed by atoms with Crippen molar-refractivity contribution in [3.05, 3.63) is 72.1 Å². The Morgan fingerprint density at radius 3 is 1.86 bits per heavy atom. The summed E-state index contributed by atoms with van der Waals surface area (Å²) in [6.07, 6.45) is 6.78. The van der Waals surface area contributed by atoms with Gasteiger partial charge in [0.2, 0.25) is 0 Å². The molecule has 0 atom stereocenters. The molecule has 116 valence electrons. The molecule has 2 aromatic rings. The van der Waals surface area contributed by atoms with Crippen LogP contribution in [0.15, 0.2) is 72.1 Å². The Kier molecular flexibility index (Phi) is 6.21. The molecule has 0 aromatic heterocycles. The first kappa shape index (κ1) is 16.8. The molecule has 0 aliphatic carbocycles. The lowest BCUT2D eigenvalue weighted by Gasteiger charge is -2.20. The number of benzene rings is 2. The van der Waals surface area contributed by atoms with Crippen molar-refractivity contribution in [1.82, 2.24) is 0 Å². The van der Waals surface area contributed by atoms with Gasteiger partial charge in [0.1, 0.15) is 0 Å². The molecule has 2 rings (SSSR count). The predicted molar refractivity (Wildman–Crippen MR) is 97.7 cm³/mol. The molecule has 0 unspecified atom stereocenters. The van der Waals surface area contributed by atoms with Crippen LogP contribution in [0.3, 0.4) is 0 Å². The minimum Gasteiger partial charge on any atom is -0.309 e. The average Bonchev–Trinajstić information content (AvgIpc) is 2.59. The number of unbranched alkanes of at least 4 members (excludes halogenated alkanes) is 3. The van der Waals surface area contributed by atoms with Gasteiger partial charge in [0, 0.05) is 10.6 Å². The van der Waals surface area contributed by atoms with Crippen molar-refractivity contribution in [2.45, 2.75) is 39.5 Å². The third-order valence-electron chi connectivity index (χ3n) is 3.98. The molecule has 0 N–H and O–H groups in total. The van der Waals surface area contributed by atoms with Crippen LogP contribution in [0, 0.1) is 0 Å². The molecular formula is C20H25OP. The Balaban J connectivity index is 2.41. The van der Waals surface area contributed by atoms with E-state index in [-0.39, 0.29) is 0 Å². The van der Waals surface area contributed by atoms with Crippen molar-refractivity contribution in [1.29, 1.82) is 0 Å². The van der Waals surface area contributed by atoms with Gasteiger partial charge in [-0.3, -0.25) is 0 Å². The van der Waals surface area contributed by atoms with Gasteiger partial charge in [0.05, 0.1) is 0 Å². The van der Waals surface area contributed by atoms with Gasteiger partial charge in [0.15, 0.2) is 7.14 Å². The summed E-state index contributed by atoms with van der Waals surface area (Å²) in [6.45, 7) is 4.22. The zero-order valence-corrected chi connectivity index (χ0v) is 14.4. The lowest BCUT2D eigenvalue weighted by atomic mass is 10.2. The van der Waals surface area contributed by atoms with Crippen LogP contribution in [0.25, 0.3) is 0 Å². The number of hydrogen-bond donors (Lipinski definition) is 0. The molecule has 2 aromatic carbocycles. The average molecular weight is 312 g/mol. The minimum absolute atomic E-state index is 0.922. The zero-order valence-electron chi connectivity index (χ0n) is 13.5. The summed E-state index contributed by atoms with van der Waals surface area (Å²) >= 11 is 0. The lowest BCUT2D eigenvalue weighted by molar-refractivity contribution is 0.590. The first-order chi connectivity index (χ1) is 10.7. The maximum absolute atomic E-state index is 13.9. The molecule has 22 heavy (non-hydrogen) atoms. The second-order valence-corrected chi connectivity index (χ2v) is 8.58. The van der Waals surface area contributed by atoms with E-state index in [0.717, 1.165) is 28.8 Å². The van der Waals surface area contributed by atoms with Crippen LogP contribution in [-0.4, -0.2) is 0 Å². The van der Waals surface area contributed by atoms with Crippen LogP contribution >= 0.6 is 7.14 Å². The van der Waals surface area contributed by atoms with E-state index < -0.39 is 7.14 Å². The smallest absolute Gasteiger partial charge is 0.166 e. The molecule has 2 heteroatoms. The highest BCUT2D eigenvalue weighted by molar-refractivity contribution is 7.82. The first-order valence-electron chi connectivity index (χ1n) is 8.08. The molecule has 0 heterocycles. The maximum Gasteiger partial charge on any atom is 0.166 e. The highest BCUT2D eigenvalue weighted by atomic mass is 31.2. The second kappa shape index (κ2) is 8.15. The quantitative estimate of drug-likeness (QED) is 0.488. The third kappa shape index (κ3) is 3.78. The van der Waals surface area contributed by atoms with E-state index >= 15 is 0 Å². The van der Waals surface area contributed by atoms with E-state index in [0.29, 0.717) is 0 Å². The molecule has 0 saturated heterocycles. The van der Waals surface area contributed by atoms with Gasteiger partial charge in [-0.05, 0) is 25.1 Å². The van der Waals surface area contributed by atoms with E-state index in [1.165, 1.54) is 12.8 Å². The highest BCUT2D eigenvalue weighted by Gasteiger charge is 2.28. The van der Waals surface area contributed by atoms with Crippen LogP contribution in [-0.2, 0) is 4.57 Å². The molecule has 0 aliphatic rings. The summed E-state index contributed by atoms with van der Waals surface area (Å²) in [4.78, 5) is 0. The second-order valence-electron chi connectivity index (χ2n) is 5.62. The Bertz CT molecular complexity index is 600. The Labute approximate surface area is 134 Å². The first-order valence-corrected chi connectivity index (χ1v) is 9.79. The minimum atomic E-state index is -2.70. The van der Waals surface area contributed by atoms with Crippen molar-refractivity contribution in [3.8, 4) is 0 Å². The van der Waals surface area contributed by atoms with Gasteiger partial charge in [-0.2, -0.15) is 0 Å². The van der Waals surface area contributed by atoms with Crippen molar-refractivity contribution in [2.75, 3.05) is 0 Å². The molecule has 0 aliphatic heterocycles. The van der Waals surface area contributed by atoms with Gasteiger partial charge in [-0.1, -0.05) is 86.5 Å². The van der Waals surface area contributed by atoms with Gasteiger partial charge in [0.25, 0.3) is 0 Å². The monoisotopic (exact) mass is 312 g/mol. The maximum atomic E-state index is 13.9. The number of hydrogen-bond acceptors (Lipinski definition) is 1. The Hall–Kier alpha value is -1.59. The van der Waals surface area contributed by atoms with Crippen molar-refractivity contribution < 1.29 is 4.57 Å². The van der Waals surface area contributed by atoms with E-state index in [9.17, 15) is 4.57 Å². The lowest BCUT2D eigenvalue weighted by Crippen LogP contribution is -2.16. The molecule has 0 fully saturated rings. The molecule has 0 amide bonds. The summed E-state index contributed by atoms with van der Waals surface area (Å²) in [5.41, 5.74) is 0. The molecule has 0 radical (unpaired) electrons. The normalized spacial score (nSPS) is 12.4. The standard InChI is InChI=1S/C20H25OP/c1-3-4-5-8-13-18(2)22(21,19-14-9-6-10-15-19)20-16-11-7-12-17-20/h6-7,9-17H,3-5,8H2,1-2H3/b18-13+. The van der Waals surface area contributed by atoms with E-state index in [1.807, 2.05) is 67.6 Å². The number of allylic oxidation sites excluding steroid dienone is 2.